The van der Waals surface area contributed by atoms with Crippen LogP contribution in [0.3, 0.4) is 0 Å². The summed E-state index contributed by atoms with van der Waals surface area (Å²) in [5.41, 5.74) is 3.24. The Morgan fingerprint density at radius 3 is 2.17 bits per heavy atom. The first-order chi connectivity index (χ1) is 14.1. The number of carbonyl (C=O) groups excluding carboxylic acids is 2. The van der Waals surface area contributed by atoms with E-state index in [0.29, 0.717) is 16.9 Å². The lowest BCUT2D eigenvalue weighted by atomic mass is 10.1. The molecule has 162 valence electrons. The van der Waals surface area contributed by atoms with Crippen LogP contribution in [0.1, 0.15) is 41.8 Å². The van der Waals surface area contributed by atoms with Gasteiger partial charge in [0, 0.05) is 5.69 Å². The Morgan fingerprint density at radius 1 is 1.03 bits per heavy atom. The summed E-state index contributed by atoms with van der Waals surface area (Å²) >= 11 is 0. The lowest BCUT2D eigenvalue weighted by molar-refractivity contribution is -0.117. The zero-order chi connectivity index (χ0) is 22.5. The molecular formula is C22H28N2O5S. The molecule has 1 N–H and O–H groups in total. The van der Waals surface area contributed by atoms with Crippen molar-refractivity contribution in [2.24, 2.45) is 0 Å². The van der Waals surface area contributed by atoms with Crippen LogP contribution in [0, 0.1) is 13.8 Å². The van der Waals surface area contributed by atoms with Crippen molar-refractivity contribution >= 4 is 33.3 Å². The van der Waals surface area contributed by atoms with Crippen molar-refractivity contribution in [3.63, 3.8) is 0 Å². The van der Waals surface area contributed by atoms with Gasteiger partial charge in [-0.2, -0.15) is 0 Å². The van der Waals surface area contributed by atoms with Gasteiger partial charge in [0.2, 0.25) is 15.9 Å². The van der Waals surface area contributed by atoms with Crippen LogP contribution in [0.15, 0.2) is 42.5 Å². The number of sulfonamides is 1. The first-order valence-electron chi connectivity index (χ1n) is 9.73. The van der Waals surface area contributed by atoms with E-state index in [9.17, 15) is 18.0 Å². The minimum absolute atomic E-state index is 0.273. The standard InChI is InChI=1S/C22H28N2O5S/c1-6-20(24(30(5,27)28)19-13-8-15(3)16(4)14-19)21(25)23-18-11-9-17(10-12-18)22(26)29-7-2/h8-14,20H,6-7H2,1-5H3,(H,23,25)/t20-/m0/s1. The summed E-state index contributed by atoms with van der Waals surface area (Å²) in [6.07, 6.45) is 1.37. The average Bonchev–Trinajstić information content (AvgIpc) is 2.68. The third kappa shape index (κ3) is 5.60. The monoisotopic (exact) mass is 432 g/mol. The fourth-order valence-corrected chi connectivity index (χ4v) is 4.26. The molecule has 0 heterocycles. The lowest BCUT2D eigenvalue weighted by Crippen LogP contribution is -2.47. The Kier molecular flexibility index (Phi) is 7.61. The molecular weight excluding hydrogens is 404 g/mol. The van der Waals surface area contributed by atoms with Crippen molar-refractivity contribution in [3.8, 4) is 0 Å². The molecule has 2 rings (SSSR count). The molecule has 0 aromatic heterocycles. The van der Waals surface area contributed by atoms with Gasteiger partial charge in [-0.1, -0.05) is 13.0 Å². The largest absolute Gasteiger partial charge is 0.462 e. The number of nitrogens with zero attached hydrogens (tertiary/aromatic N) is 1. The molecule has 8 heteroatoms. The fraction of sp³-hybridized carbons (Fsp3) is 0.364. The van der Waals surface area contributed by atoms with Gasteiger partial charge in [-0.25, -0.2) is 13.2 Å². The number of carbonyl (C=O) groups is 2. The quantitative estimate of drug-likeness (QED) is 0.643. The molecule has 0 fully saturated rings. The van der Waals surface area contributed by atoms with Gasteiger partial charge in [0.1, 0.15) is 6.04 Å². The summed E-state index contributed by atoms with van der Waals surface area (Å²) in [6, 6.07) is 10.6. The van der Waals surface area contributed by atoms with E-state index in [1.807, 2.05) is 19.9 Å². The van der Waals surface area contributed by atoms with Crippen molar-refractivity contribution < 1.29 is 22.7 Å². The van der Waals surface area contributed by atoms with Crippen LogP contribution in [0.25, 0.3) is 0 Å². The minimum atomic E-state index is -3.71. The molecule has 7 nitrogen and oxygen atoms in total. The number of anilines is 2. The number of aryl methyl sites for hydroxylation is 2. The minimum Gasteiger partial charge on any atom is -0.462 e. The lowest BCUT2D eigenvalue weighted by Gasteiger charge is -2.30. The average molecular weight is 433 g/mol. The van der Waals surface area contributed by atoms with E-state index in [1.165, 1.54) is 0 Å². The molecule has 0 bridgehead atoms. The highest BCUT2D eigenvalue weighted by Gasteiger charge is 2.31. The van der Waals surface area contributed by atoms with Crippen LogP contribution >= 0.6 is 0 Å². The Labute approximate surface area is 178 Å². The van der Waals surface area contributed by atoms with Gasteiger partial charge >= 0.3 is 5.97 Å². The second-order valence-corrected chi connectivity index (χ2v) is 8.90. The number of rotatable bonds is 8. The zero-order valence-electron chi connectivity index (χ0n) is 17.9. The molecule has 0 saturated heterocycles. The maximum atomic E-state index is 13.0. The fourth-order valence-electron chi connectivity index (χ4n) is 3.05. The second-order valence-electron chi connectivity index (χ2n) is 7.04. The van der Waals surface area contributed by atoms with Crippen molar-refractivity contribution in [2.75, 3.05) is 22.5 Å². The summed E-state index contributed by atoms with van der Waals surface area (Å²) in [5.74, 6) is -0.898. The molecule has 2 aromatic carbocycles. The van der Waals surface area contributed by atoms with E-state index in [2.05, 4.69) is 5.32 Å². The third-order valence-corrected chi connectivity index (χ3v) is 5.92. The number of esters is 1. The Morgan fingerprint density at radius 2 is 1.67 bits per heavy atom. The van der Waals surface area contributed by atoms with E-state index in [4.69, 9.17) is 4.74 Å². The summed E-state index contributed by atoms with van der Waals surface area (Å²) < 4.78 is 31.2. The summed E-state index contributed by atoms with van der Waals surface area (Å²) in [6.45, 7) is 7.59. The number of hydrogen-bond acceptors (Lipinski definition) is 5. The van der Waals surface area contributed by atoms with Crippen LogP contribution in [0.5, 0.6) is 0 Å². The van der Waals surface area contributed by atoms with Gasteiger partial charge in [-0.3, -0.25) is 9.10 Å². The summed E-state index contributed by atoms with van der Waals surface area (Å²) in [5, 5.41) is 2.74. The molecule has 0 spiro atoms. The molecule has 0 unspecified atom stereocenters. The number of amides is 1. The molecule has 0 aliphatic rings. The number of nitrogens with one attached hydrogen (secondary N) is 1. The highest BCUT2D eigenvalue weighted by molar-refractivity contribution is 7.92. The Hall–Kier alpha value is -2.87. The normalized spacial score (nSPS) is 12.2. The van der Waals surface area contributed by atoms with Gasteiger partial charge < -0.3 is 10.1 Å². The van der Waals surface area contributed by atoms with Gasteiger partial charge in [0.05, 0.1) is 24.1 Å². The summed E-state index contributed by atoms with van der Waals surface area (Å²) in [4.78, 5) is 24.7. The van der Waals surface area contributed by atoms with E-state index < -0.39 is 27.9 Å². The Balaban J connectivity index is 2.29. The molecule has 0 saturated carbocycles. The highest BCUT2D eigenvalue weighted by atomic mass is 32.2. The third-order valence-electron chi connectivity index (χ3n) is 4.74. The molecule has 0 aliphatic carbocycles. The van der Waals surface area contributed by atoms with Crippen molar-refractivity contribution in [1.29, 1.82) is 0 Å². The predicted octanol–water partition coefficient (Wildman–Crippen LogP) is 3.66. The molecule has 0 radical (unpaired) electrons. The maximum Gasteiger partial charge on any atom is 0.338 e. The molecule has 0 aliphatic heterocycles. The van der Waals surface area contributed by atoms with E-state index in [0.717, 1.165) is 21.7 Å². The van der Waals surface area contributed by atoms with E-state index in [1.54, 1.807) is 50.2 Å². The van der Waals surface area contributed by atoms with Crippen molar-refractivity contribution in [3.05, 3.63) is 59.2 Å². The van der Waals surface area contributed by atoms with E-state index >= 15 is 0 Å². The van der Waals surface area contributed by atoms with Crippen LogP contribution < -0.4 is 9.62 Å². The van der Waals surface area contributed by atoms with Crippen LogP contribution in [0.4, 0.5) is 11.4 Å². The van der Waals surface area contributed by atoms with Crippen LogP contribution in [-0.2, 0) is 19.6 Å². The topological polar surface area (TPSA) is 92.8 Å². The predicted molar refractivity (Wildman–Crippen MR) is 118 cm³/mol. The number of benzene rings is 2. The SMILES string of the molecule is CCOC(=O)c1ccc(NC(=O)[C@H](CC)N(c2ccc(C)c(C)c2)S(C)(=O)=O)cc1. The number of ether oxygens (including phenoxy) is 1. The summed E-state index contributed by atoms with van der Waals surface area (Å²) in [7, 11) is -3.71. The molecule has 1 atom stereocenters. The van der Waals surface area contributed by atoms with Crippen LogP contribution in [0.2, 0.25) is 0 Å². The van der Waals surface area contributed by atoms with Gasteiger partial charge in [-0.05, 0) is 74.7 Å². The van der Waals surface area contributed by atoms with Crippen LogP contribution in [-0.4, -0.2) is 39.2 Å². The number of hydrogen-bond donors (Lipinski definition) is 1. The molecule has 30 heavy (non-hydrogen) atoms. The maximum absolute atomic E-state index is 13.0. The first-order valence-corrected chi connectivity index (χ1v) is 11.6. The molecule has 2 aromatic rings. The van der Waals surface area contributed by atoms with Gasteiger partial charge in [-0.15, -0.1) is 0 Å². The van der Waals surface area contributed by atoms with Gasteiger partial charge in [0.25, 0.3) is 0 Å². The first kappa shape index (κ1) is 23.4. The smallest absolute Gasteiger partial charge is 0.338 e. The van der Waals surface area contributed by atoms with Crippen molar-refractivity contribution in [2.45, 2.75) is 40.2 Å². The van der Waals surface area contributed by atoms with E-state index in [-0.39, 0.29) is 13.0 Å². The Bertz CT molecular complexity index is 1020. The van der Waals surface area contributed by atoms with Crippen molar-refractivity contribution in [1.82, 2.24) is 0 Å². The second kappa shape index (κ2) is 9.75. The zero-order valence-corrected chi connectivity index (χ0v) is 18.7. The molecule has 1 amide bonds. The van der Waals surface area contributed by atoms with Gasteiger partial charge in [0.15, 0.2) is 0 Å². The highest BCUT2D eigenvalue weighted by Crippen LogP contribution is 2.25.